The van der Waals surface area contributed by atoms with Crippen LogP contribution in [0.5, 0.6) is 11.5 Å². The highest BCUT2D eigenvalue weighted by molar-refractivity contribution is 7.90. The van der Waals surface area contributed by atoms with Gasteiger partial charge >= 0.3 is 6.09 Å². The molecule has 4 amide bonds. The Morgan fingerprint density at radius 3 is 2.20 bits per heavy atom. The highest BCUT2D eigenvalue weighted by Crippen LogP contribution is 2.38. The van der Waals surface area contributed by atoms with Gasteiger partial charge in [0.15, 0.2) is 0 Å². The van der Waals surface area contributed by atoms with E-state index in [0.29, 0.717) is 28.1 Å². The minimum Gasteiger partial charge on any atom is -0.497 e. The van der Waals surface area contributed by atoms with Crippen molar-refractivity contribution in [3.63, 3.8) is 0 Å². The lowest BCUT2D eigenvalue weighted by atomic mass is 10.0. The minimum atomic E-state index is -4.22. The summed E-state index contributed by atoms with van der Waals surface area (Å²) in [5.74, 6) is -1.43. The number of nitrogens with zero attached hydrogens (tertiary/aromatic N) is 2. The zero-order valence-electron chi connectivity index (χ0n) is 32.2. The maximum atomic E-state index is 14.4. The maximum absolute atomic E-state index is 14.4. The molecule has 3 aromatic carbocycles. The van der Waals surface area contributed by atoms with Crippen molar-refractivity contribution in [2.75, 3.05) is 13.7 Å². The smallest absolute Gasteiger partial charge is 0.408 e. The summed E-state index contributed by atoms with van der Waals surface area (Å²) in [5.41, 5.74) is -0.237. The number of likely N-dealkylation sites (tertiary alicyclic amines) is 1. The number of alkyl carbamates (subject to hydrolysis) is 1. The van der Waals surface area contributed by atoms with Crippen molar-refractivity contribution in [1.82, 2.24) is 25.2 Å². The van der Waals surface area contributed by atoms with E-state index in [-0.39, 0.29) is 30.7 Å². The van der Waals surface area contributed by atoms with Crippen LogP contribution < -0.4 is 24.8 Å². The number of aromatic nitrogens is 1. The molecule has 1 aliphatic carbocycles. The van der Waals surface area contributed by atoms with Crippen molar-refractivity contribution in [2.24, 2.45) is 5.92 Å². The first-order valence-corrected chi connectivity index (χ1v) is 19.9. The summed E-state index contributed by atoms with van der Waals surface area (Å²) in [6.45, 7) is 8.60. The average Bonchev–Trinajstić information content (AvgIpc) is 3.82. The summed E-state index contributed by atoms with van der Waals surface area (Å²) in [6, 6.07) is 22.0. The van der Waals surface area contributed by atoms with Crippen LogP contribution in [0.4, 0.5) is 4.79 Å². The van der Waals surface area contributed by atoms with Gasteiger partial charge in [-0.05, 0) is 63.8 Å². The number of ether oxygens (including phenoxy) is 3. The number of carbonyl (C=O) groups is 4. The van der Waals surface area contributed by atoms with Crippen LogP contribution in [0.25, 0.3) is 22.2 Å². The van der Waals surface area contributed by atoms with Gasteiger partial charge in [0.05, 0.1) is 29.8 Å². The van der Waals surface area contributed by atoms with E-state index < -0.39 is 69.1 Å². The van der Waals surface area contributed by atoms with E-state index in [4.69, 9.17) is 19.2 Å². The molecular formula is C41H47N5O9S. The molecule has 1 saturated heterocycles. The van der Waals surface area contributed by atoms with Crippen LogP contribution in [-0.4, -0.2) is 85.1 Å². The molecule has 1 aliphatic heterocycles. The molecule has 1 saturated carbocycles. The number of sulfonamides is 1. The van der Waals surface area contributed by atoms with Crippen molar-refractivity contribution >= 4 is 44.7 Å². The number of amides is 4. The molecule has 15 heteroatoms. The lowest BCUT2D eigenvalue weighted by molar-refractivity contribution is -0.141. The van der Waals surface area contributed by atoms with E-state index in [1.54, 1.807) is 66.0 Å². The molecule has 2 aliphatic rings. The van der Waals surface area contributed by atoms with E-state index in [1.165, 1.54) is 29.2 Å². The summed E-state index contributed by atoms with van der Waals surface area (Å²) >= 11 is 0. The number of pyridine rings is 1. The lowest BCUT2D eigenvalue weighted by Crippen LogP contribution is -2.58. The summed E-state index contributed by atoms with van der Waals surface area (Å²) in [7, 11) is -2.65. The van der Waals surface area contributed by atoms with Gasteiger partial charge in [-0.2, -0.15) is 0 Å². The summed E-state index contributed by atoms with van der Waals surface area (Å²) in [5, 5.41) is 6.12. The molecule has 4 aromatic rings. The molecular weight excluding hydrogens is 739 g/mol. The van der Waals surface area contributed by atoms with E-state index >= 15 is 0 Å². The summed E-state index contributed by atoms with van der Waals surface area (Å²) in [6.07, 6.45) is -1.10. The highest BCUT2D eigenvalue weighted by atomic mass is 32.2. The van der Waals surface area contributed by atoms with E-state index in [0.717, 1.165) is 5.56 Å². The van der Waals surface area contributed by atoms with Gasteiger partial charge in [0, 0.05) is 29.5 Å². The Morgan fingerprint density at radius 1 is 0.929 bits per heavy atom. The Labute approximate surface area is 326 Å². The van der Waals surface area contributed by atoms with Crippen LogP contribution in [0.15, 0.2) is 89.8 Å². The van der Waals surface area contributed by atoms with Crippen molar-refractivity contribution < 1.29 is 41.8 Å². The Kier molecular flexibility index (Phi) is 11.3. The summed E-state index contributed by atoms with van der Waals surface area (Å²) in [4.78, 5) is 61.1. The number of methoxy groups -OCH3 is 1. The molecule has 296 valence electrons. The van der Waals surface area contributed by atoms with E-state index in [2.05, 4.69) is 15.4 Å². The molecule has 3 N–H and O–H groups in total. The van der Waals surface area contributed by atoms with Crippen LogP contribution >= 0.6 is 0 Å². The predicted octanol–water partition coefficient (Wildman–Crippen LogP) is 4.96. The summed E-state index contributed by atoms with van der Waals surface area (Å²) < 4.78 is 45.7. The van der Waals surface area contributed by atoms with Crippen LogP contribution in [0, 0.1) is 5.92 Å². The third-order valence-electron chi connectivity index (χ3n) is 9.62. The molecule has 2 unspecified atom stereocenters. The number of hydrogen-bond donors (Lipinski definition) is 3. The van der Waals surface area contributed by atoms with Crippen molar-refractivity contribution in [1.29, 1.82) is 0 Å². The van der Waals surface area contributed by atoms with Crippen LogP contribution in [0.1, 0.15) is 53.9 Å². The van der Waals surface area contributed by atoms with Gasteiger partial charge in [-0.15, -0.1) is 0 Å². The number of rotatable bonds is 12. The standard InChI is InChI=1S/C41H47N5O9S/c1-25(2)35(43-39(50)55-40(3,4)5)37(48)46-24-28(54-34-23-31(26-13-9-7-10-14-26)42-32-21-27(53-6)17-18-30(32)34)22-33(46)36(47)44-41(19-20-41)38(49)45-56(51,52)29-15-11-8-12-16-29/h7-18,21,23,25,28,33,35H,19-20,22,24H2,1-6H3,(H,43,50)(H,44,47)(H,45,49)/t28?,33?,35-/m0/s1. The number of fused-ring (bicyclic) bond motifs is 1. The first kappa shape index (κ1) is 40.0. The molecule has 0 spiro atoms. The SMILES string of the molecule is COc1ccc2c(OC3CC(C(=O)NC4(C(=O)NS(=O)(=O)c5ccccc5)CC4)N(C(=O)[C@@H](NC(=O)OC(C)(C)C)C(C)C)C3)cc(-c3ccccc3)nc2c1. The monoisotopic (exact) mass is 785 g/mol. The fraction of sp³-hybridized carbons (Fsp3) is 0.390. The molecule has 14 nitrogen and oxygen atoms in total. The third-order valence-corrected chi connectivity index (χ3v) is 11.0. The topological polar surface area (TPSA) is 182 Å². The van der Waals surface area contributed by atoms with Crippen molar-refractivity contribution in [2.45, 2.75) is 88.1 Å². The van der Waals surface area contributed by atoms with Gasteiger partial charge in [0.1, 0.15) is 40.8 Å². The molecule has 0 bridgehead atoms. The minimum absolute atomic E-state index is 0.0233. The Balaban J connectivity index is 1.30. The zero-order chi connectivity index (χ0) is 40.4. The highest BCUT2D eigenvalue weighted by Gasteiger charge is 2.54. The van der Waals surface area contributed by atoms with Crippen LogP contribution in [0.3, 0.4) is 0 Å². The molecule has 6 rings (SSSR count). The Bertz CT molecular complexity index is 2220. The van der Waals surface area contributed by atoms with E-state index in [1.807, 2.05) is 36.4 Å². The van der Waals surface area contributed by atoms with Gasteiger partial charge in [-0.25, -0.2) is 22.9 Å². The van der Waals surface area contributed by atoms with Crippen LogP contribution in [-0.2, 0) is 29.1 Å². The van der Waals surface area contributed by atoms with Gasteiger partial charge in [-0.1, -0.05) is 62.4 Å². The fourth-order valence-corrected chi connectivity index (χ4v) is 7.64. The Morgan fingerprint density at radius 2 is 1.59 bits per heavy atom. The number of benzene rings is 3. The van der Waals surface area contributed by atoms with Gasteiger partial charge in [-0.3, -0.25) is 14.4 Å². The Hall–Kier alpha value is -5.70. The average molecular weight is 786 g/mol. The normalized spacial score (nSPS) is 18.2. The van der Waals surface area contributed by atoms with Crippen molar-refractivity contribution in [3.05, 3.63) is 84.9 Å². The largest absolute Gasteiger partial charge is 0.497 e. The second-order valence-electron chi connectivity index (χ2n) is 15.4. The van der Waals surface area contributed by atoms with E-state index in [9.17, 15) is 27.6 Å². The van der Waals surface area contributed by atoms with Crippen molar-refractivity contribution in [3.8, 4) is 22.8 Å². The zero-order valence-corrected chi connectivity index (χ0v) is 33.0. The molecule has 2 heterocycles. The maximum Gasteiger partial charge on any atom is 0.408 e. The molecule has 3 atom stereocenters. The quantitative estimate of drug-likeness (QED) is 0.178. The first-order valence-electron chi connectivity index (χ1n) is 18.4. The predicted molar refractivity (Wildman–Crippen MR) is 208 cm³/mol. The number of carbonyl (C=O) groups excluding carboxylic acids is 4. The molecule has 1 aromatic heterocycles. The van der Waals surface area contributed by atoms with Gasteiger partial charge in [0.2, 0.25) is 11.8 Å². The number of nitrogens with one attached hydrogen (secondary N) is 3. The third kappa shape index (κ3) is 9.05. The lowest BCUT2D eigenvalue weighted by Gasteiger charge is -2.31. The first-order chi connectivity index (χ1) is 26.5. The van der Waals surface area contributed by atoms with Gasteiger partial charge < -0.3 is 29.7 Å². The molecule has 0 radical (unpaired) electrons. The van der Waals surface area contributed by atoms with Gasteiger partial charge in [0.25, 0.3) is 15.9 Å². The second-order valence-corrected chi connectivity index (χ2v) is 17.1. The second kappa shape index (κ2) is 15.8. The molecule has 2 fully saturated rings. The number of hydrogen-bond acceptors (Lipinski definition) is 10. The molecule has 56 heavy (non-hydrogen) atoms. The fourth-order valence-electron chi connectivity index (χ4n) is 6.57. The van der Waals surface area contributed by atoms with Crippen LogP contribution in [0.2, 0.25) is 0 Å².